The zero-order valence-corrected chi connectivity index (χ0v) is 17.1. The van der Waals surface area contributed by atoms with Crippen LogP contribution in [0.2, 0.25) is 0 Å². The molecule has 2 aromatic rings. The third kappa shape index (κ3) is 5.90. The van der Waals surface area contributed by atoms with Crippen molar-refractivity contribution in [2.45, 2.75) is 24.8 Å². The van der Waals surface area contributed by atoms with E-state index in [1.807, 2.05) is 36.4 Å². The van der Waals surface area contributed by atoms with Crippen LogP contribution in [0.4, 0.5) is 0 Å². The number of carbonyl (C=O) groups excluding carboxylic acids is 2. The Bertz CT molecular complexity index is 900. The maximum absolute atomic E-state index is 12.3. The fourth-order valence-electron chi connectivity index (χ4n) is 3.56. The smallest absolute Gasteiger partial charge is 0.325 e. The molecule has 8 nitrogen and oxygen atoms in total. The number of amides is 1. The van der Waals surface area contributed by atoms with E-state index in [0.29, 0.717) is 0 Å². The van der Waals surface area contributed by atoms with Gasteiger partial charge >= 0.3 is 11.9 Å². The molecule has 1 amide bonds. The zero-order valence-electron chi connectivity index (χ0n) is 17.1. The van der Waals surface area contributed by atoms with Crippen molar-refractivity contribution in [1.82, 2.24) is 5.32 Å². The molecule has 4 N–H and O–H groups in total. The highest BCUT2D eigenvalue weighted by Gasteiger charge is 2.29. The molecule has 31 heavy (non-hydrogen) atoms. The van der Waals surface area contributed by atoms with E-state index in [-0.39, 0.29) is 51.0 Å². The molecule has 0 fully saturated rings. The summed E-state index contributed by atoms with van der Waals surface area (Å²) < 4.78 is 10.8. The second kappa shape index (κ2) is 10.7. The largest absolute Gasteiger partial charge is 0.481 e. The maximum Gasteiger partial charge on any atom is 0.325 e. The molecule has 0 aromatic heterocycles. The number of rotatable bonds is 11. The number of fused-ring (bicyclic) bond motifs is 3. The van der Waals surface area contributed by atoms with Gasteiger partial charge < -0.3 is 25.6 Å². The number of nitrogens with two attached hydrogens (primary N) is 1. The summed E-state index contributed by atoms with van der Waals surface area (Å²) in [5, 5.41) is 11.1. The van der Waals surface area contributed by atoms with Crippen molar-refractivity contribution in [3.05, 3.63) is 59.7 Å². The summed E-state index contributed by atoms with van der Waals surface area (Å²) in [6.07, 6.45) is -0.312. The summed E-state index contributed by atoms with van der Waals surface area (Å²) in [7, 11) is 0. The van der Waals surface area contributed by atoms with E-state index in [9.17, 15) is 14.4 Å². The van der Waals surface area contributed by atoms with E-state index in [2.05, 4.69) is 17.4 Å². The molecule has 164 valence electrons. The molecule has 0 aliphatic heterocycles. The van der Waals surface area contributed by atoms with Crippen LogP contribution in [0.3, 0.4) is 0 Å². The van der Waals surface area contributed by atoms with Gasteiger partial charge in [-0.3, -0.25) is 14.4 Å². The van der Waals surface area contributed by atoms with Crippen LogP contribution in [0.1, 0.15) is 29.9 Å². The second-order valence-corrected chi connectivity index (χ2v) is 7.28. The zero-order chi connectivity index (χ0) is 22.2. The molecule has 1 unspecified atom stereocenters. The Morgan fingerprint density at radius 2 is 1.61 bits per heavy atom. The predicted molar refractivity (Wildman–Crippen MR) is 113 cm³/mol. The fraction of sp³-hybridized carbons (Fsp3) is 0.348. The van der Waals surface area contributed by atoms with E-state index in [4.69, 9.17) is 20.3 Å². The minimum atomic E-state index is -1.03. The van der Waals surface area contributed by atoms with Gasteiger partial charge in [0.1, 0.15) is 12.6 Å². The first-order chi connectivity index (χ1) is 15.0. The lowest BCUT2D eigenvalue weighted by molar-refractivity contribution is -0.147. The first-order valence-corrected chi connectivity index (χ1v) is 10.1. The quantitative estimate of drug-likeness (QED) is 0.368. The van der Waals surface area contributed by atoms with E-state index in [1.54, 1.807) is 0 Å². The monoisotopic (exact) mass is 426 g/mol. The van der Waals surface area contributed by atoms with E-state index in [1.165, 1.54) is 0 Å². The first-order valence-electron chi connectivity index (χ1n) is 10.1. The van der Waals surface area contributed by atoms with Crippen molar-refractivity contribution in [3.8, 4) is 11.1 Å². The van der Waals surface area contributed by atoms with Gasteiger partial charge in [0.2, 0.25) is 5.91 Å². The molecule has 0 bridgehead atoms. The third-order valence-corrected chi connectivity index (χ3v) is 5.09. The molecule has 0 spiro atoms. The van der Waals surface area contributed by atoms with Crippen LogP contribution in [0.15, 0.2) is 48.5 Å². The van der Waals surface area contributed by atoms with E-state index in [0.717, 1.165) is 22.3 Å². The minimum absolute atomic E-state index is 0.0366. The number of hydrogen-bond acceptors (Lipinski definition) is 6. The standard InChI is InChI=1S/C23H26N2O6/c24-20(14-30-12-11-25-21(26)9-10-22(27)28)23(29)31-13-19-17-7-3-1-5-15(17)16-6-2-4-8-18(16)19/h1-8,19-20H,9-14,24H2,(H,25,26)(H,27,28). The van der Waals surface area contributed by atoms with Gasteiger partial charge in [0.15, 0.2) is 0 Å². The Kier molecular flexibility index (Phi) is 7.75. The van der Waals surface area contributed by atoms with Crippen LogP contribution in [-0.4, -0.2) is 55.4 Å². The number of ether oxygens (including phenoxy) is 2. The van der Waals surface area contributed by atoms with Crippen molar-refractivity contribution < 1.29 is 29.0 Å². The normalized spacial score (nSPS) is 13.2. The summed E-state index contributed by atoms with van der Waals surface area (Å²) in [6, 6.07) is 15.2. The Morgan fingerprint density at radius 3 is 2.23 bits per heavy atom. The lowest BCUT2D eigenvalue weighted by Gasteiger charge is -2.17. The molecule has 0 heterocycles. The minimum Gasteiger partial charge on any atom is -0.481 e. The maximum atomic E-state index is 12.3. The average molecular weight is 426 g/mol. The molecule has 0 radical (unpaired) electrons. The number of carboxylic acids is 1. The number of benzene rings is 2. The van der Waals surface area contributed by atoms with Crippen LogP contribution in [0.25, 0.3) is 11.1 Å². The lowest BCUT2D eigenvalue weighted by Crippen LogP contribution is -2.38. The van der Waals surface area contributed by atoms with Gasteiger partial charge in [-0.2, -0.15) is 0 Å². The molecule has 1 aliphatic carbocycles. The molecule has 0 saturated heterocycles. The Labute approximate surface area is 180 Å². The Morgan fingerprint density at radius 1 is 1.00 bits per heavy atom. The fourth-order valence-corrected chi connectivity index (χ4v) is 3.56. The van der Waals surface area contributed by atoms with Crippen LogP contribution in [0, 0.1) is 0 Å². The number of nitrogens with one attached hydrogen (secondary N) is 1. The van der Waals surface area contributed by atoms with Crippen LogP contribution in [-0.2, 0) is 23.9 Å². The molecule has 0 saturated carbocycles. The highest BCUT2D eigenvalue weighted by Crippen LogP contribution is 2.44. The van der Waals surface area contributed by atoms with Gasteiger partial charge in [-0.1, -0.05) is 48.5 Å². The number of aliphatic carboxylic acids is 1. The van der Waals surface area contributed by atoms with Gasteiger partial charge in [0.05, 0.1) is 19.6 Å². The average Bonchev–Trinajstić information content (AvgIpc) is 3.09. The summed E-state index contributed by atoms with van der Waals surface area (Å²) in [5.74, 6) is -1.98. The van der Waals surface area contributed by atoms with Crippen molar-refractivity contribution in [1.29, 1.82) is 0 Å². The third-order valence-electron chi connectivity index (χ3n) is 5.09. The van der Waals surface area contributed by atoms with Crippen molar-refractivity contribution in [2.24, 2.45) is 5.73 Å². The van der Waals surface area contributed by atoms with Gasteiger partial charge in [0.25, 0.3) is 0 Å². The van der Waals surface area contributed by atoms with E-state index >= 15 is 0 Å². The molecular weight excluding hydrogens is 400 g/mol. The second-order valence-electron chi connectivity index (χ2n) is 7.28. The summed E-state index contributed by atoms with van der Waals surface area (Å²) in [4.78, 5) is 34.1. The molecule has 8 heteroatoms. The van der Waals surface area contributed by atoms with Crippen LogP contribution < -0.4 is 11.1 Å². The number of carboxylic acid groups (broad SMARTS) is 1. The van der Waals surface area contributed by atoms with E-state index < -0.39 is 18.0 Å². The van der Waals surface area contributed by atoms with Crippen molar-refractivity contribution in [3.63, 3.8) is 0 Å². The molecule has 1 aliphatic rings. The van der Waals surface area contributed by atoms with Crippen molar-refractivity contribution in [2.75, 3.05) is 26.4 Å². The highest BCUT2D eigenvalue weighted by molar-refractivity contribution is 5.81. The van der Waals surface area contributed by atoms with Gasteiger partial charge in [-0.05, 0) is 22.3 Å². The summed E-state index contributed by atoms with van der Waals surface area (Å²) >= 11 is 0. The lowest BCUT2D eigenvalue weighted by atomic mass is 9.98. The number of hydrogen-bond donors (Lipinski definition) is 3. The predicted octanol–water partition coefficient (Wildman–Crippen LogP) is 1.67. The van der Waals surface area contributed by atoms with Gasteiger partial charge in [-0.15, -0.1) is 0 Å². The Balaban J connectivity index is 1.41. The van der Waals surface area contributed by atoms with Crippen LogP contribution >= 0.6 is 0 Å². The molecular formula is C23H26N2O6. The topological polar surface area (TPSA) is 128 Å². The number of esters is 1. The molecule has 1 atom stereocenters. The number of carbonyl (C=O) groups is 3. The summed E-state index contributed by atoms with van der Waals surface area (Å²) in [6.45, 7) is 0.515. The highest BCUT2D eigenvalue weighted by atomic mass is 16.5. The van der Waals surface area contributed by atoms with Gasteiger partial charge in [0, 0.05) is 18.9 Å². The van der Waals surface area contributed by atoms with Crippen LogP contribution in [0.5, 0.6) is 0 Å². The summed E-state index contributed by atoms with van der Waals surface area (Å²) in [5.41, 5.74) is 10.4. The SMILES string of the molecule is NC(COCCNC(=O)CCC(=O)O)C(=O)OCC1c2ccccc2-c2ccccc21. The Hall–Kier alpha value is -3.23. The molecule has 2 aromatic carbocycles. The van der Waals surface area contributed by atoms with Gasteiger partial charge in [-0.25, -0.2) is 0 Å². The molecule has 3 rings (SSSR count). The van der Waals surface area contributed by atoms with Crippen molar-refractivity contribution >= 4 is 17.8 Å². The first kappa shape index (κ1) is 22.5.